The Labute approximate surface area is 118 Å². The summed E-state index contributed by atoms with van der Waals surface area (Å²) in [6, 6.07) is 6.41. The fourth-order valence-corrected chi connectivity index (χ4v) is 2.14. The van der Waals surface area contributed by atoms with Crippen LogP contribution >= 0.6 is 0 Å². The SMILES string of the molecule is Cc1ccc(CN(CCN(C)C)CC(C)C)cc1N. The number of nitrogens with two attached hydrogens (primary N) is 1. The maximum atomic E-state index is 5.99. The summed E-state index contributed by atoms with van der Waals surface area (Å²) < 4.78 is 0. The first kappa shape index (κ1) is 16.0. The van der Waals surface area contributed by atoms with Crippen LogP contribution in [0.1, 0.15) is 25.0 Å². The lowest BCUT2D eigenvalue weighted by Crippen LogP contribution is -2.34. The van der Waals surface area contributed by atoms with Crippen molar-refractivity contribution >= 4 is 5.69 Å². The monoisotopic (exact) mass is 263 g/mol. The molecule has 1 aromatic carbocycles. The number of likely N-dealkylation sites (N-methyl/N-ethyl adjacent to an activating group) is 1. The van der Waals surface area contributed by atoms with Gasteiger partial charge < -0.3 is 10.6 Å². The Bertz CT molecular complexity index is 386. The Hall–Kier alpha value is -1.06. The minimum atomic E-state index is 0.685. The smallest absolute Gasteiger partial charge is 0.0346 e. The van der Waals surface area contributed by atoms with E-state index in [1.54, 1.807) is 0 Å². The Kier molecular flexibility index (Phi) is 6.32. The zero-order chi connectivity index (χ0) is 14.4. The Balaban J connectivity index is 2.66. The molecule has 0 spiro atoms. The molecule has 0 aliphatic rings. The summed E-state index contributed by atoms with van der Waals surface area (Å²) in [5.41, 5.74) is 9.36. The van der Waals surface area contributed by atoms with Crippen LogP contribution < -0.4 is 5.73 Å². The molecule has 0 radical (unpaired) electrons. The third-order valence-electron chi connectivity index (χ3n) is 3.24. The largest absolute Gasteiger partial charge is 0.399 e. The molecular weight excluding hydrogens is 234 g/mol. The fraction of sp³-hybridized carbons (Fsp3) is 0.625. The predicted molar refractivity (Wildman–Crippen MR) is 84.3 cm³/mol. The lowest BCUT2D eigenvalue weighted by molar-refractivity contribution is 0.212. The van der Waals surface area contributed by atoms with Crippen LogP contribution in [0.4, 0.5) is 5.69 Å². The van der Waals surface area contributed by atoms with Crippen molar-refractivity contribution in [2.75, 3.05) is 39.5 Å². The molecule has 0 saturated heterocycles. The van der Waals surface area contributed by atoms with Crippen molar-refractivity contribution in [2.45, 2.75) is 27.3 Å². The van der Waals surface area contributed by atoms with Gasteiger partial charge in [-0.05, 0) is 44.1 Å². The van der Waals surface area contributed by atoms with Crippen LogP contribution in [-0.4, -0.2) is 43.5 Å². The van der Waals surface area contributed by atoms with Crippen molar-refractivity contribution in [1.82, 2.24) is 9.80 Å². The van der Waals surface area contributed by atoms with E-state index < -0.39 is 0 Å². The van der Waals surface area contributed by atoms with E-state index in [4.69, 9.17) is 5.73 Å². The molecule has 0 heterocycles. The molecule has 0 amide bonds. The van der Waals surface area contributed by atoms with Crippen molar-refractivity contribution in [3.05, 3.63) is 29.3 Å². The molecule has 1 rings (SSSR count). The highest BCUT2D eigenvalue weighted by Crippen LogP contribution is 2.15. The van der Waals surface area contributed by atoms with Crippen molar-refractivity contribution in [2.24, 2.45) is 5.92 Å². The van der Waals surface area contributed by atoms with Crippen LogP contribution in [0, 0.1) is 12.8 Å². The molecule has 1 aromatic rings. The fourth-order valence-electron chi connectivity index (χ4n) is 2.14. The number of nitrogen functional groups attached to an aromatic ring is 1. The Morgan fingerprint density at radius 2 is 1.84 bits per heavy atom. The summed E-state index contributed by atoms with van der Waals surface area (Å²) in [4.78, 5) is 4.74. The number of nitrogens with zero attached hydrogens (tertiary/aromatic N) is 2. The van der Waals surface area contributed by atoms with E-state index in [1.807, 2.05) is 0 Å². The molecule has 0 unspecified atom stereocenters. The van der Waals surface area contributed by atoms with Crippen molar-refractivity contribution in [3.8, 4) is 0 Å². The van der Waals surface area contributed by atoms with Crippen LogP contribution in [-0.2, 0) is 6.54 Å². The van der Waals surface area contributed by atoms with Gasteiger partial charge in [0, 0.05) is 31.9 Å². The topological polar surface area (TPSA) is 32.5 Å². The van der Waals surface area contributed by atoms with Gasteiger partial charge in [-0.2, -0.15) is 0 Å². The van der Waals surface area contributed by atoms with Gasteiger partial charge in [0.15, 0.2) is 0 Å². The van der Waals surface area contributed by atoms with E-state index in [9.17, 15) is 0 Å². The van der Waals surface area contributed by atoms with E-state index in [-0.39, 0.29) is 0 Å². The van der Waals surface area contributed by atoms with Gasteiger partial charge in [0.2, 0.25) is 0 Å². The zero-order valence-corrected chi connectivity index (χ0v) is 13.1. The van der Waals surface area contributed by atoms with E-state index in [0.29, 0.717) is 5.92 Å². The molecule has 3 heteroatoms. The number of aryl methyl sites for hydroxylation is 1. The van der Waals surface area contributed by atoms with Gasteiger partial charge in [-0.1, -0.05) is 26.0 Å². The first-order chi connectivity index (χ1) is 8.88. The third kappa shape index (κ3) is 6.08. The first-order valence-electron chi connectivity index (χ1n) is 7.10. The third-order valence-corrected chi connectivity index (χ3v) is 3.24. The normalized spacial score (nSPS) is 11.8. The number of hydrogen-bond acceptors (Lipinski definition) is 3. The molecule has 0 saturated carbocycles. The summed E-state index contributed by atoms with van der Waals surface area (Å²) in [5, 5.41) is 0. The molecule has 0 aromatic heterocycles. The number of hydrogen-bond donors (Lipinski definition) is 1. The van der Waals surface area contributed by atoms with Crippen molar-refractivity contribution in [3.63, 3.8) is 0 Å². The summed E-state index contributed by atoms with van der Waals surface area (Å²) >= 11 is 0. The first-order valence-corrected chi connectivity index (χ1v) is 7.10. The zero-order valence-electron chi connectivity index (χ0n) is 13.1. The Morgan fingerprint density at radius 3 is 2.37 bits per heavy atom. The second-order valence-electron chi connectivity index (χ2n) is 6.12. The summed E-state index contributed by atoms with van der Waals surface area (Å²) in [6.07, 6.45) is 0. The average Bonchev–Trinajstić information content (AvgIpc) is 2.30. The van der Waals surface area contributed by atoms with E-state index in [1.165, 1.54) is 5.56 Å². The standard InChI is InChI=1S/C16H29N3/c1-13(2)11-19(9-8-18(4)5)12-15-7-6-14(3)16(17)10-15/h6-7,10,13H,8-9,11-12,17H2,1-5H3. The van der Waals surface area contributed by atoms with Gasteiger partial charge in [-0.25, -0.2) is 0 Å². The maximum Gasteiger partial charge on any atom is 0.0346 e. The van der Waals surface area contributed by atoms with Crippen molar-refractivity contribution < 1.29 is 0 Å². The van der Waals surface area contributed by atoms with E-state index in [2.05, 4.69) is 62.9 Å². The summed E-state index contributed by atoms with van der Waals surface area (Å²) in [7, 11) is 4.24. The molecule has 108 valence electrons. The van der Waals surface area contributed by atoms with Gasteiger partial charge in [-0.3, -0.25) is 4.90 Å². The van der Waals surface area contributed by atoms with E-state index >= 15 is 0 Å². The maximum absolute atomic E-state index is 5.99. The molecule has 0 atom stereocenters. The van der Waals surface area contributed by atoms with Crippen molar-refractivity contribution in [1.29, 1.82) is 0 Å². The second kappa shape index (κ2) is 7.51. The average molecular weight is 263 g/mol. The lowest BCUT2D eigenvalue weighted by atomic mass is 10.1. The molecule has 0 bridgehead atoms. The lowest BCUT2D eigenvalue weighted by Gasteiger charge is -2.26. The molecule has 2 N–H and O–H groups in total. The van der Waals surface area contributed by atoms with Crippen LogP contribution in [0.15, 0.2) is 18.2 Å². The summed E-state index contributed by atoms with van der Waals surface area (Å²) in [6.45, 7) is 10.9. The molecule has 0 fully saturated rings. The van der Waals surface area contributed by atoms with Crippen LogP contribution in [0.5, 0.6) is 0 Å². The van der Waals surface area contributed by atoms with Crippen LogP contribution in [0.25, 0.3) is 0 Å². The summed E-state index contributed by atoms with van der Waals surface area (Å²) in [5.74, 6) is 0.685. The van der Waals surface area contributed by atoms with Crippen LogP contribution in [0.2, 0.25) is 0 Å². The number of anilines is 1. The van der Waals surface area contributed by atoms with Gasteiger partial charge >= 0.3 is 0 Å². The molecule has 3 nitrogen and oxygen atoms in total. The minimum Gasteiger partial charge on any atom is -0.399 e. The number of benzene rings is 1. The van der Waals surface area contributed by atoms with Gasteiger partial charge in [-0.15, -0.1) is 0 Å². The highest BCUT2D eigenvalue weighted by atomic mass is 15.2. The second-order valence-corrected chi connectivity index (χ2v) is 6.12. The van der Waals surface area contributed by atoms with Gasteiger partial charge in [0.1, 0.15) is 0 Å². The minimum absolute atomic E-state index is 0.685. The molecular formula is C16H29N3. The Morgan fingerprint density at radius 1 is 1.16 bits per heavy atom. The molecule has 0 aliphatic heterocycles. The van der Waals surface area contributed by atoms with Gasteiger partial charge in [0.05, 0.1) is 0 Å². The molecule has 0 aliphatic carbocycles. The number of rotatable bonds is 7. The van der Waals surface area contributed by atoms with Crippen LogP contribution in [0.3, 0.4) is 0 Å². The van der Waals surface area contributed by atoms with Gasteiger partial charge in [0.25, 0.3) is 0 Å². The quantitative estimate of drug-likeness (QED) is 0.768. The van der Waals surface area contributed by atoms with E-state index in [0.717, 1.165) is 37.4 Å². The molecule has 19 heavy (non-hydrogen) atoms. The predicted octanol–water partition coefficient (Wildman–Crippen LogP) is 2.60. The highest BCUT2D eigenvalue weighted by molar-refractivity contribution is 5.48. The highest BCUT2D eigenvalue weighted by Gasteiger charge is 2.09.